The monoisotopic (exact) mass is 247 g/mol. The molecule has 3 rings (SSSR count). The van der Waals surface area contributed by atoms with E-state index in [9.17, 15) is 0 Å². The molecule has 0 radical (unpaired) electrons. The van der Waals surface area contributed by atoms with Crippen molar-refractivity contribution in [1.82, 2.24) is 5.32 Å². The van der Waals surface area contributed by atoms with Gasteiger partial charge in [0.15, 0.2) is 0 Å². The van der Waals surface area contributed by atoms with Crippen LogP contribution in [0.2, 0.25) is 0 Å². The number of furan rings is 1. The van der Waals surface area contributed by atoms with Crippen LogP contribution in [-0.2, 0) is 6.42 Å². The van der Waals surface area contributed by atoms with Crippen LogP contribution in [0, 0.1) is 5.92 Å². The first kappa shape index (κ1) is 12.3. The summed E-state index contributed by atoms with van der Waals surface area (Å²) in [7, 11) is 0. The molecule has 1 saturated carbocycles. The number of aryl methyl sites for hydroxylation is 1. The fourth-order valence-corrected chi connectivity index (χ4v) is 3.60. The molecule has 1 fully saturated rings. The van der Waals surface area contributed by atoms with Crippen molar-refractivity contribution in [1.29, 1.82) is 0 Å². The molecule has 2 nitrogen and oxygen atoms in total. The summed E-state index contributed by atoms with van der Waals surface area (Å²) in [5.41, 5.74) is 1.43. The molecule has 1 N–H and O–H groups in total. The standard InChI is InChI=1S/C16H25NO/c1-12-4-2-5-13(9-8-12)17-15-6-3-7-16-14(15)10-11-18-16/h10-13,15,17H,2-9H2,1H3. The molecule has 2 aliphatic carbocycles. The lowest BCUT2D eigenvalue weighted by molar-refractivity contribution is 0.350. The van der Waals surface area contributed by atoms with Crippen molar-refractivity contribution in [3.63, 3.8) is 0 Å². The van der Waals surface area contributed by atoms with E-state index >= 15 is 0 Å². The van der Waals surface area contributed by atoms with Gasteiger partial charge in [-0.15, -0.1) is 0 Å². The summed E-state index contributed by atoms with van der Waals surface area (Å²) in [5.74, 6) is 2.15. The van der Waals surface area contributed by atoms with Gasteiger partial charge >= 0.3 is 0 Å². The highest BCUT2D eigenvalue weighted by molar-refractivity contribution is 5.24. The van der Waals surface area contributed by atoms with Crippen molar-refractivity contribution in [2.24, 2.45) is 5.92 Å². The summed E-state index contributed by atoms with van der Waals surface area (Å²) < 4.78 is 5.58. The molecule has 0 bridgehead atoms. The van der Waals surface area contributed by atoms with E-state index in [4.69, 9.17) is 4.42 Å². The maximum atomic E-state index is 5.58. The van der Waals surface area contributed by atoms with E-state index in [1.54, 1.807) is 0 Å². The summed E-state index contributed by atoms with van der Waals surface area (Å²) in [5, 5.41) is 3.90. The largest absolute Gasteiger partial charge is 0.469 e. The number of fused-ring (bicyclic) bond motifs is 1. The van der Waals surface area contributed by atoms with Crippen LogP contribution in [0.1, 0.15) is 69.2 Å². The molecule has 3 unspecified atom stereocenters. The molecule has 2 aliphatic rings. The van der Waals surface area contributed by atoms with Crippen LogP contribution in [0.3, 0.4) is 0 Å². The Morgan fingerprint density at radius 3 is 3.00 bits per heavy atom. The molecule has 18 heavy (non-hydrogen) atoms. The molecule has 0 aromatic carbocycles. The lowest BCUT2D eigenvalue weighted by atomic mass is 9.92. The van der Waals surface area contributed by atoms with Gasteiger partial charge in [0.25, 0.3) is 0 Å². The van der Waals surface area contributed by atoms with Crippen LogP contribution < -0.4 is 5.32 Å². The Labute approximate surface area is 110 Å². The van der Waals surface area contributed by atoms with Gasteiger partial charge < -0.3 is 9.73 Å². The first-order valence-corrected chi connectivity index (χ1v) is 7.65. The quantitative estimate of drug-likeness (QED) is 0.792. The van der Waals surface area contributed by atoms with Gasteiger partial charge in [-0.25, -0.2) is 0 Å². The van der Waals surface area contributed by atoms with Crippen molar-refractivity contribution in [2.75, 3.05) is 0 Å². The van der Waals surface area contributed by atoms with E-state index < -0.39 is 0 Å². The maximum absolute atomic E-state index is 5.58. The van der Waals surface area contributed by atoms with Gasteiger partial charge in [0, 0.05) is 24.1 Å². The van der Waals surface area contributed by atoms with Crippen LogP contribution in [-0.4, -0.2) is 6.04 Å². The Morgan fingerprint density at radius 1 is 1.11 bits per heavy atom. The zero-order chi connectivity index (χ0) is 12.4. The molecule has 0 saturated heterocycles. The zero-order valence-electron chi connectivity index (χ0n) is 11.5. The van der Waals surface area contributed by atoms with Crippen LogP contribution >= 0.6 is 0 Å². The fourth-order valence-electron chi connectivity index (χ4n) is 3.60. The summed E-state index contributed by atoms with van der Waals surface area (Å²) in [6, 6.07) is 3.44. The van der Waals surface area contributed by atoms with E-state index in [2.05, 4.69) is 18.3 Å². The van der Waals surface area contributed by atoms with E-state index in [-0.39, 0.29) is 0 Å². The second kappa shape index (κ2) is 5.48. The third-order valence-electron chi connectivity index (χ3n) is 4.75. The zero-order valence-corrected chi connectivity index (χ0v) is 11.5. The highest BCUT2D eigenvalue weighted by Crippen LogP contribution is 2.32. The van der Waals surface area contributed by atoms with Crippen molar-refractivity contribution in [3.8, 4) is 0 Å². The Morgan fingerprint density at radius 2 is 2.06 bits per heavy atom. The Bertz CT molecular complexity index is 384. The molecule has 1 aromatic heterocycles. The van der Waals surface area contributed by atoms with Gasteiger partial charge in [0.1, 0.15) is 5.76 Å². The number of hydrogen-bond donors (Lipinski definition) is 1. The number of nitrogens with one attached hydrogen (secondary N) is 1. The van der Waals surface area contributed by atoms with Crippen LogP contribution in [0.5, 0.6) is 0 Å². The normalized spacial score (nSPS) is 32.8. The molecule has 0 aliphatic heterocycles. The summed E-state index contributed by atoms with van der Waals surface area (Å²) >= 11 is 0. The molecule has 1 heterocycles. The predicted octanol–water partition coefficient (Wildman–Crippen LogP) is 4.22. The average molecular weight is 247 g/mol. The van der Waals surface area contributed by atoms with Crippen molar-refractivity contribution >= 4 is 0 Å². The maximum Gasteiger partial charge on any atom is 0.108 e. The lowest BCUT2D eigenvalue weighted by Crippen LogP contribution is -2.34. The molecule has 100 valence electrons. The van der Waals surface area contributed by atoms with Gasteiger partial charge in [0.05, 0.1) is 6.26 Å². The van der Waals surface area contributed by atoms with Gasteiger partial charge in [-0.05, 0) is 44.1 Å². The first-order valence-electron chi connectivity index (χ1n) is 7.65. The van der Waals surface area contributed by atoms with Crippen molar-refractivity contribution in [3.05, 3.63) is 23.7 Å². The molecular formula is C16H25NO. The molecule has 0 spiro atoms. The Balaban J connectivity index is 1.63. The van der Waals surface area contributed by atoms with E-state index in [0.717, 1.165) is 18.4 Å². The third kappa shape index (κ3) is 2.64. The van der Waals surface area contributed by atoms with E-state index in [0.29, 0.717) is 6.04 Å². The topological polar surface area (TPSA) is 25.2 Å². The van der Waals surface area contributed by atoms with Gasteiger partial charge in [-0.2, -0.15) is 0 Å². The van der Waals surface area contributed by atoms with E-state index in [1.807, 2.05) is 6.26 Å². The summed E-state index contributed by atoms with van der Waals surface area (Å²) in [6.07, 6.45) is 12.4. The highest BCUT2D eigenvalue weighted by atomic mass is 16.3. The van der Waals surface area contributed by atoms with Gasteiger partial charge in [-0.3, -0.25) is 0 Å². The van der Waals surface area contributed by atoms with Gasteiger partial charge in [-0.1, -0.05) is 19.8 Å². The molecule has 3 atom stereocenters. The second-order valence-electron chi connectivity index (χ2n) is 6.22. The fraction of sp³-hybridized carbons (Fsp3) is 0.750. The Hall–Kier alpha value is -0.760. The van der Waals surface area contributed by atoms with Crippen LogP contribution in [0.15, 0.2) is 16.7 Å². The first-order chi connectivity index (χ1) is 8.83. The minimum atomic E-state index is 0.547. The molecule has 2 heteroatoms. The molecular weight excluding hydrogens is 222 g/mol. The van der Waals surface area contributed by atoms with E-state index in [1.165, 1.54) is 56.3 Å². The minimum absolute atomic E-state index is 0.547. The van der Waals surface area contributed by atoms with Crippen molar-refractivity contribution in [2.45, 2.75) is 70.4 Å². The minimum Gasteiger partial charge on any atom is -0.469 e. The summed E-state index contributed by atoms with van der Waals surface area (Å²) in [6.45, 7) is 2.40. The van der Waals surface area contributed by atoms with Crippen LogP contribution in [0.4, 0.5) is 0 Å². The number of hydrogen-bond acceptors (Lipinski definition) is 2. The summed E-state index contributed by atoms with van der Waals surface area (Å²) in [4.78, 5) is 0. The Kier molecular flexibility index (Phi) is 3.74. The number of rotatable bonds is 2. The van der Waals surface area contributed by atoms with Crippen LogP contribution in [0.25, 0.3) is 0 Å². The smallest absolute Gasteiger partial charge is 0.108 e. The SMILES string of the molecule is CC1CCCC(NC2CCCc3occc32)CC1. The molecule has 1 aromatic rings. The van der Waals surface area contributed by atoms with Gasteiger partial charge in [0.2, 0.25) is 0 Å². The highest BCUT2D eigenvalue weighted by Gasteiger charge is 2.25. The molecule has 0 amide bonds. The predicted molar refractivity (Wildman–Crippen MR) is 73.6 cm³/mol. The average Bonchev–Trinajstić information content (AvgIpc) is 2.76. The second-order valence-corrected chi connectivity index (χ2v) is 6.22. The lowest BCUT2D eigenvalue weighted by Gasteiger charge is -2.27. The third-order valence-corrected chi connectivity index (χ3v) is 4.75. The van der Waals surface area contributed by atoms with Crippen molar-refractivity contribution < 1.29 is 4.42 Å².